The number of nitrogens with zero attached hydrogens (tertiary/aromatic N) is 2. The zero-order valence-electron chi connectivity index (χ0n) is 16.0. The predicted octanol–water partition coefficient (Wildman–Crippen LogP) is 3.61. The quantitative estimate of drug-likeness (QED) is 0.704. The summed E-state index contributed by atoms with van der Waals surface area (Å²) >= 11 is 0. The third-order valence-electron chi connectivity index (χ3n) is 5.13. The van der Waals surface area contributed by atoms with Gasteiger partial charge in [0.25, 0.3) is 5.91 Å². The van der Waals surface area contributed by atoms with Crippen LogP contribution in [0, 0.1) is 0 Å². The third kappa shape index (κ3) is 3.31. The zero-order valence-corrected chi connectivity index (χ0v) is 16.0. The van der Waals surface area contributed by atoms with Crippen molar-refractivity contribution in [3.63, 3.8) is 0 Å². The monoisotopic (exact) mass is 374 g/mol. The van der Waals surface area contributed by atoms with Gasteiger partial charge in [0, 0.05) is 24.7 Å². The van der Waals surface area contributed by atoms with E-state index in [1.165, 1.54) is 0 Å². The molecule has 0 fully saturated rings. The molecule has 0 aliphatic carbocycles. The first-order chi connectivity index (χ1) is 13.5. The van der Waals surface area contributed by atoms with E-state index in [1.807, 2.05) is 66.7 Å². The highest BCUT2D eigenvalue weighted by molar-refractivity contribution is 5.98. The molecular formula is C23H22N2O3. The fourth-order valence-corrected chi connectivity index (χ4v) is 3.59. The lowest BCUT2D eigenvalue weighted by molar-refractivity contribution is -0.141. The predicted molar refractivity (Wildman–Crippen MR) is 109 cm³/mol. The van der Waals surface area contributed by atoms with E-state index in [0.717, 1.165) is 22.0 Å². The van der Waals surface area contributed by atoms with E-state index in [1.54, 1.807) is 23.8 Å². The smallest absolute Gasteiger partial charge is 0.264 e. The SMILES string of the molecule is CC(Oc1cccc2ccccc12)C(=O)N1CC(=O)N(C)c2ccccc2C1. The molecule has 5 nitrogen and oxygen atoms in total. The molecule has 0 spiro atoms. The number of para-hydroxylation sites is 1. The van der Waals surface area contributed by atoms with Crippen LogP contribution >= 0.6 is 0 Å². The lowest BCUT2D eigenvalue weighted by atomic mass is 10.1. The minimum Gasteiger partial charge on any atom is -0.480 e. The molecule has 0 N–H and O–H groups in total. The Morgan fingerprint density at radius 2 is 1.68 bits per heavy atom. The Bertz CT molecular complexity index is 1040. The van der Waals surface area contributed by atoms with E-state index in [9.17, 15) is 9.59 Å². The summed E-state index contributed by atoms with van der Waals surface area (Å²) in [6, 6.07) is 21.3. The summed E-state index contributed by atoms with van der Waals surface area (Å²) in [5.41, 5.74) is 1.78. The molecule has 0 bridgehead atoms. The van der Waals surface area contributed by atoms with E-state index in [0.29, 0.717) is 12.3 Å². The highest BCUT2D eigenvalue weighted by Gasteiger charge is 2.30. The van der Waals surface area contributed by atoms with Crippen LogP contribution in [0.2, 0.25) is 0 Å². The van der Waals surface area contributed by atoms with Gasteiger partial charge in [0.15, 0.2) is 6.10 Å². The molecule has 1 aliphatic rings. The number of hydrogen-bond donors (Lipinski definition) is 0. The van der Waals surface area contributed by atoms with Crippen LogP contribution in [-0.4, -0.2) is 36.4 Å². The molecule has 1 unspecified atom stereocenters. The fourth-order valence-electron chi connectivity index (χ4n) is 3.59. The molecule has 142 valence electrons. The van der Waals surface area contributed by atoms with E-state index < -0.39 is 6.10 Å². The van der Waals surface area contributed by atoms with Crippen LogP contribution in [0.25, 0.3) is 10.8 Å². The van der Waals surface area contributed by atoms with Crippen LogP contribution in [0.4, 0.5) is 5.69 Å². The third-order valence-corrected chi connectivity index (χ3v) is 5.13. The standard InChI is InChI=1S/C23H22N2O3/c1-16(28-21-13-7-10-17-8-3-5-11-19(17)21)23(27)25-14-18-9-4-6-12-20(18)24(2)22(26)15-25/h3-13,16H,14-15H2,1-2H3. The minimum absolute atomic E-state index is 0.0350. The number of hydrogen-bond acceptors (Lipinski definition) is 3. The fraction of sp³-hybridized carbons (Fsp3) is 0.217. The number of fused-ring (bicyclic) bond motifs is 2. The Morgan fingerprint density at radius 3 is 2.54 bits per heavy atom. The largest absolute Gasteiger partial charge is 0.480 e. The summed E-state index contributed by atoms with van der Waals surface area (Å²) in [6.07, 6.45) is -0.700. The second kappa shape index (κ2) is 7.35. The van der Waals surface area contributed by atoms with Crippen molar-refractivity contribution in [2.24, 2.45) is 0 Å². The molecule has 28 heavy (non-hydrogen) atoms. The molecule has 1 aliphatic heterocycles. The van der Waals surface area contributed by atoms with Crippen LogP contribution in [-0.2, 0) is 16.1 Å². The highest BCUT2D eigenvalue weighted by Crippen LogP contribution is 2.28. The zero-order chi connectivity index (χ0) is 19.7. The Balaban J connectivity index is 1.58. The first-order valence-corrected chi connectivity index (χ1v) is 9.32. The van der Waals surface area contributed by atoms with Crippen molar-refractivity contribution in [3.05, 3.63) is 72.3 Å². The maximum absolute atomic E-state index is 13.1. The van der Waals surface area contributed by atoms with Crippen LogP contribution in [0.1, 0.15) is 12.5 Å². The summed E-state index contributed by atoms with van der Waals surface area (Å²) in [4.78, 5) is 28.8. The van der Waals surface area contributed by atoms with Crippen molar-refractivity contribution >= 4 is 28.3 Å². The van der Waals surface area contributed by atoms with Crippen LogP contribution in [0.5, 0.6) is 5.75 Å². The summed E-state index contributed by atoms with van der Waals surface area (Å²) in [7, 11) is 1.74. The second-order valence-electron chi connectivity index (χ2n) is 7.01. The number of likely N-dealkylation sites (N-methyl/N-ethyl adjacent to an activating group) is 1. The normalized spacial score (nSPS) is 15.1. The molecule has 0 saturated heterocycles. The Labute approximate surface area is 164 Å². The molecule has 5 heteroatoms. The van der Waals surface area contributed by atoms with E-state index in [2.05, 4.69) is 0 Å². The molecular weight excluding hydrogens is 352 g/mol. The number of rotatable bonds is 3. The maximum Gasteiger partial charge on any atom is 0.264 e. The van der Waals surface area contributed by atoms with Crippen molar-refractivity contribution in [2.45, 2.75) is 19.6 Å². The number of carbonyl (C=O) groups is 2. The van der Waals surface area contributed by atoms with Gasteiger partial charge in [-0.1, -0.05) is 54.6 Å². The molecule has 0 aromatic heterocycles. The molecule has 3 aromatic rings. The highest BCUT2D eigenvalue weighted by atomic mass is 16.5. The molecule has 2 amide bonds. The summed E-state index contributed by atoms with van der Waals surface area (Å²) in [5.74, 6) is 0.347. The van der Waals surface area contributed by atoms with Gasteiger partial charge in [-0.3, -0.25) is 9.59 Å². The molecule has 0 radical (unpaired) electrons. The van der Waals surface area contributed by atoms with Gasteiger partial charge in [0.1, 0.15) is 12.3 Å². The van der Waals surface area contributed by atoms with Gasteiger partial charge < -0.3 is 14.5 Å². The summed E-state index contributed by atoms with van der Waals surface area (Å²) in [6.45, 7) is 2.15. The van der Waals surface area contributed by atoms with Crippen LogP contribution in [0.3, 0.4) is 0 Å². The number of ether oxygens (including phenoxy) is 1. The van der Waals surface area contributed by atoms with Gasteiger partial charge in [-0.2, -0.15) is 0 Å². The van der Waals surface area contributed by atoms with Crippen molar-refractivity contribution in [1.82, 2.24) is 4.90 Å². The van der Waals surface area contributed by atoms with Gasteiger partial charge in [0.05, 0.1) is 0 Å². The van der Waals surface area contributed by atoms with Gasteiger partial charge in [0.2, 0.25) is 5.91 Å². The van der Waals surface area contributed by atoms with E-state index >= 15 is 0 Å². The van der Waals surface area contributed by atoms with Gasteiger partial charge in [-0.15, -0.1) is 0 Å². The van der Waals surface area contributed by atoms with Gasteiger partial charge >= 0.3 is 0 Å². The number of amides is 2. The number of carbonyl (C=O) groups excluding carboxylic acids is 2. The van der Waals surface area contributed by atoms with Crippen molar-refractivity contribution in [3.8, 4) is 5.75 Å². The van der Waals surface area contributed by atoms with Crippen molar-refractivity contribution in [2.75, 3.05) is 18.5 Å². The van der Waals surface area contributed by atoms with Crippen molar-refractivity contribution in [1.29, 1.82) is 0 Å². The van der Waals surface area contributed by atoms with E-state index in [4.69, 9.17) is 4.74 Å². The summed E-state index contributed by atoms with van der Waals surface area (Å²) < 4.78 is 6.02. The molecule has 3 aromatic carbocycles. The first-order valence-electron chi connectivity index (χ1n) is 9.32. The van der Waals surface area contributed by atoms with Crippen LogP contribution < -0.4 is 9.64 Å². The number of benzene rings is 3. The van der Waals surface area contributed by atoms with E-state index in [-0.39, 0.29) is 18.4 Å². The Hall–Kier alpha value is -3.34. The Morgan fingerprint density at radius 1 is 0.964 bits per heavy atom. The second-order valence-corrected chi connectivity index (χ2v) is 7.01. The van der Waals surface area contributed by atoms with Gasteiger partial charge in [-0.25, -0.2) is 0 Å². The maximum atomic E-state index is 13.1. The van der Waals surface area contributed by atoms with Crippen LogP contribution in [0.15, 0.2) is 66.7 Å². The first kappa shape index (κ1) is 18.0. The average Bonchev–Trinajstić information content (AvgIpc) is 2.84. The average molecular weight is 374 g/mol. The number of anilines is 1. The topological polar surface area (TPSA) is 49.9 Å². The summed E-state index contributed by atoms with van der Waals surface area (Å²) in [5, 5.41) is 2.02. The molecule has 4 rings (SSSR count). The molecule has 0 saturated carbocycles. The van der Waals surface area contributed by atoms with Gasteiger partial charge in [-0.05, 0) is 30.0 Å². The lowest BCUT2D eigenvalue weighted by Gasteiger charge is -2.24. The minimum atomic E-state index is -0.700. The Kier molecular flexibility index (Phi) is 4.74. The lowest BCUT2D eigenvalue weighted by Crippen LogP contribution is -2.44. The van der Waals surface area contributed by atoms with Crippen molar-refractivity contribution < 1.29 is 14.3 Å². The molecule has 1 atom stereocenters. The molecule has 1 heterocycles.